The number of amides is 1. The standard InChI is InChI=1S/C29H44N6O2/c1-32-20-25(24-6-7-26(31-27(24)32)35-12-4-2-3-5-13-35)28(36)30-23-8-14-33(15-9-23)18-19-34-16-10-29(11-17-34)21-37-22-29/h6-7,20,23H,2-5,8-19,21-22H2,1H3,(H,30,36). The highest BCUT2D eigenvalue weighted by molar-refractivity contribution is 6.06. The molecule has 1 spiro atoms. The molecule has 2 aromatic heterocycles. The Balaban J connectivity index is 0.992. The van der Waals surface area contributed by atoms with E-state index in [1.54, 1.807) is 0 Å². The number of nitrogens with zero attached hydrogens (tertiary/aromatic N) is 5. The predicted octanol–water partition coefficient (Wildman–Crippen LogP) is 3.26. The maximum Gasteiger partial charge on any atom is 0.253 e. The average molecular weight is 509 g/mol. The number of aryl methyl sites for hydroxylation is 1. The quantitative estimate of drug-likeness (QED) is 0.646. The number of hydrogen-bond donors (Lipinski definition) is 1. The average Bonchev–Trinajstić information content (AvgIpc) is 3.06. The highest BCUT2D eigenvalue weighted by Gasteiger charge is 2.41. The van der Waals surface area contributed by atoms with Gasteiger partial charge in [0.15, 0.2) is 0 Å². The lowest BCUT2D eigenvalue weighted by atomic mass is 9.77. The maximum atomic E-state index is 13.3. The Labute approximate surface area is 221 Å². The molecule has 0 aromatic carbocycles. The molecule has 0 saturated carbocycles. The molecule has 0 bridgehead atoms. The van der Waals surface area contributed by atoms with Gasteiger partial charge in [0, 0.05) is 69.4 Å². The molecule has 4 aliphatic heterocycles. The highest BCUT2D eigenvalue weighted by Crippen LogP contribution is 2.38. The Morgan fingerprint density at radius 1 is 0.973 bits per heavy atom. The Morgan fingerprint density at radius 2 is 1.65 bits per heavy atom. The van der Waals surface area contributed by atoms with Crippen LogP contribution in [-0.2, 0) is 11.8 Å². The zero-order chi connectivity index (χ0) is 25.2. The van der Waals surface area contributed by atoms with Crippen LogP contribution in [0.5, 0.6) is 0 Å². The van der Waals surface area contributed by atoms with Gasteiger partial charge in [-0.15, -0.1) is 0 Å². The van der Waals surface area contributed by atoms with Gasteiger partial charge in [0.05, 0.1) is 18.8 Å². The zero-order valence-corrected chi connectivity index (χ0v) is 22.6. The molecule has 0 atom stereocenters. The smallest absolute Gasteiger partial charge is 0.253 e. The fraction of sp³-hybridized carbons (Fsp3) is 0.724. The molecule has 0 aliphatic carbocycles. The van der Waals surface area contributed by atoms with Crippen LogP contribution < -0.4 is 10.2 Å². The summed E-state index contributed by atoms with van der Waals surface area (Å²) in [5.41, 5.74) is 2.16. The third-order valence-electron chi connectivity index (χ3n) is 9.37. The lowest BCUT2D eigenvalue weighted by Gasteiger charge is -2.47. The molecule has 4 aliphatic rings. The van der Waals surface area contributed by atoms with Gasteiger partial charge >= 0.3 is 0 Å². The highest BCUT2D eigenvalue weighted by atomic mass is 16.5. The van der Waals surface area contributed by atoms with Crippen LogP contribution >= 0.6 is 0 Å². The number of carbonyl (C=O) groups excluding carboxylic acids is 1. The van der Waals surface area contributed by atoms with Crippen molar-refractivity contribution in [3.63, 3.8) is 0 Å². The van der Waals surface area contributed by atoms with E-state index in [2.05, 4.69) is 32.1 Å². The molecular formula is C29H44N6O2. The molecule has 6 rings (SSSR count). The van der Waals surface area contributed by atoms with Crippen molar-refractivity contribution in [2.24, 2.45) is 12.5 Å². The van der Waals surface area contributed by atoms with E-state index in [0.717, 1.165) is 87.7 Å². The molecule has 37 heavy (non-hydrogen) atoms. The summed E-state index contributed by atoms with van der Waals surface area (Å²) in [4.78, 5) is 25.8. The Bertz CT molecular complexity index is 1070. The summed E-state index contributed by atoms with van der Waals surface area (Å²) in [6.07, 6.45) is 11.7. The van der Waals surface area contributed by atoms with Gasteiger partial charge in [-0.3, -0.25) is 4.79 Å². The SMILES string of the molecule is Cn1cc(C(=O)NC2CCN(CCN3CCC4(CC3)COC4)CC2)c2ccc(N3CCCCCC3)nc21. The molecule has 4 saturated heterocycles. The summed E-state index contributed by atoms with van der Waals surface area (Å²) >= 11 is 0. The van der Waals surface area contributed by atoms with Gasteiger partial charge < -0.3 is 29.3 Å². The lowest BCUT2D eigenvalue weighted by Crippen LogP contribution is -2.52. The van der Waals surface area contributed by atoms with Gasteiger partial charge in [0.1, 0.15) is 11.5 Å². The summed E-state index contributed by atoms with van der Waals surface area (Å²) in [6, 6.07) is 4.45. The summed E-state index contributed by atoms with van der Waals surface area (Å²) in [5, 5.41) is 4.29. The van der Waals surface area contributed by atoms with Gasteiger partial charge in [0.2, 0.25) is 0 Å². The third-order valence-corrected chi connectivity index (χ3v) is 9.37. The first-order valence-electron chi connectivity index (χ1n) is 14.6. The van der Waals surface area contributed by atoms with Gasteiger partial charge in [-0.05, 0) is 63.7 Å². The number of pyridine rings is 1. The number of fused-ring (bicyclic) bond motifs is 1. The van der Waals surface area contributed by atoms with Crippen molar-refractivity contribution in [2.45, 2.75) is 57.4 Å². The molecular weight excluding hydrogens is 464 g/mol. The number of rotatable bonds is 6. The minimum absolute atomic E-state index is 0.0376. The van der Waals surface area contributed by atoms with Crippen LogP contribution in [0, 0.1) is 5.41 Å². The first kappa shape index (κ1) is 25.1. The molecule has 1 N–H and O–H groups in total. The molecule has 2 aromatic rings. The second-order valence-electron chi connectivity index (χ2n) is 12.0. The van der Waals surface area contributed by atoms with Crippen molar-refractivity contribution in [3.05, 3.63) is 23.9 Å². The number of nitrogens with one attached hydrogen (secondary N) is 1. The molecule has 8 heteroatoms. The first-order valence-corrected chi connectivity index (χ1v) is 14.6. The van der Waals surface area contributed by atoms with E-state index in [4.69, 9.17) is 9.72 Å². The van der Waals surface area contributed by atoms with Crippen LogP contribution in [0.1, 0.15) is 61.7 Å². The number of piperidine rings is 2. The minimum atomic E-state index is 0.0376. The van der Waals surface area contributed by atoms with Crippen molar-refractivity contribution in [1.82, 2.24) is 24.7 Å². The van der Waals surface area contributed by atoms with E-state index in [0.29, 0.717) is 5.41 Å². The predicted molar refractivity (Wildman–Crippen MR) is 147 cm³/mol. The molecule has 8 nitrogen and oxygen atoms in total. The molecule has 0 unspecified atom stereocenters. The Morgan fingerprint density at radius 3 is 2.30 bits per heavy atom. The van der Waals surface area contributed by atoms with Crippen LogP contribution in [-0.4, -0.2) is 96.9 Å². The van der Waals surface area contributed by atoms with Gasteiger partial charge in [-0.25, -0.2) is 4.98 Å². The number of aromatic nitrogens is 2. The van der Waals surface area contributed by atoms with Crippen molar-refractivity contribution in [3.8, 4) is 0 Å². The largest absolute Gasteiger partial charge is 0.380 e. The van der Waals surface area contributed by atoms with Crippen molar-refractivity contribution < 1.29 is 9.53 Å². The monoisotopic (exact) mass is 508 g/mol. The van der Waals surface area contributed by atoms with E-state index in [1.165, 1.54) is 51.6 Å². The van der Waals surface area contributed by atoms with E-state index in [1.807, 2.05) is 17.8 Å². The summed E-state index contributed by atoms with van der Waals surface area (Å²) in [6.45, 7) is 11.0. The fourth-order valence-electron chi connectivity index (χ4n) is 6.68. The molecule has 6 heterocycles. The number of hydrogen-bond acceptors (Lipinski definition) is 6. The normalized spacial score (nSPS) is 23.8. The molecule has 0 radical (unpaired) electrons. The topological polar surface area (TPSA) is 65.9 Å². The minimum Gasteiger partial charge on any atom is -0.380 e. The van der Waals surface area contributed by atoms with Crippen molar-refractivity contribution in [1.29, 1.82) is 0 Å². The van der Waals surface area contributed by atoms with Crippen molar-refractivity contribution in [2.75, 3.05) is 70.5 Å². The fourth-order valence-corrected chi connectivity index (χ4v) is 6.68. The van der Waals surface area contributed by atoms with Gasteiger partial charge in [0.25, 0.3) is 5.91 Å². The first-order chi connectivity index (χ1) is 18.1. The summed E-state index contributed by atoms with van der Waals surface area (Å²) in [7, 11) is 2.00. The summed E-state index contributed by atoms with van der Waals surface area (Å²) in [5.74, 6) is 1.08. The number of anilines is 1. The van der Waals surface area contributed by atoms with E-state index in [9.17, 15) is 4.79 Å². The summed E-state index contributed by atoms with van der Waals surface area (Å²) < 4.78 is 7.47. The zero-order valence-electron chi connectivity index (χ0n) is 22.6. The molecule has 202 valence electrons. The Hall–Kier alpha value is -2.16. The van der Waals surface area contributed by atoms with E-state index < -0.39 is 0 Å². The lowest BCUT2D eigenvalue weighted by molar-refractivity contribution is -0.139. The molecule has 4 fully saturated rings. The van der Waals surface area contributed by atoms with Gasteiger partial charge in [-0.2, -0.15) is 0 Å². The van der Waals surface area contributed by atoms with Crippen LogP contribution in [0.25, 0.3) is 11.0 Å². The van der Waals surface area contributed by atoms with Crippen molar-refractivity contribution >= 4 is 22.8 Å². The number of ether oxygens (including phenoxy) is 1. The second kappa shape index (κ2) is 10.9. The van der Waals surface area contributed by atoms with E-state index in [-0.39, 0.29) is 11.9 Å². The van der Waals surface area contributed by atoms with Crippen LogP contribution in [0.3, 0.4) is 0 Å². The maximum absolute atomic E-state index is 13.3. The number of likely N-dealkylation sites (tertiary alicyclic amines) is 2. The van der Waals surface area contributed by atoms with Crippen LogP contribution in [0.15, 0.2) is 18.3 Å². The van der Waals surface area contributed by atoms with Crippen LogP contribution in [0.4, 0.5) is 5.82 Å². The molecule has 1 amide bonds. The second-order valence-corrected chi connectivity index (χ2v) is 12.0. The van der Waals surface area contributed by atoms with Crippen LogP contribution in [0.2, 0.25) is 0 Å². The van der Waals surface area contributed by atoms with E-state index >= 15 is 0 Å². The Kier molecular flexibility index (Phi) is 7.41. The third kappa shape index (κ3) is 5.52. The number of carbonyl (C=O) groups is 1. The van der Waals surface area contributed by atoms with Gasteiger partial charge in [-0.1, -0.05) is 12.8 Å².